The van der Waals surface area contributed by atoms with E-state index >= 15 is 0 Å². The SMILES string of the molecule is CC(C)CN(CC(=O)O)C(=O)CN1C(=O)COc2cc(Br)ccc21. The molecule has 8 heteroatoms. The first-order valence-corrected chi connectivity index (χ1v) is 8.29. The summed E-state index contributed by atoms with van der Waals surface area (Å²) in [5.74, 6) is -1.20. The van der Waals surface area contributed by atoms with E-state index in [-0.39, 0.29) is 31.5 Å². The molecule has 0 unspecified atom stereocenters. The average Bonchev–Trinajstić information content (AvgIpc) is 2.48. The first-order valence-electron chi connectivity index (χ1n) is 7.50. The highest BCUT2D eigenvalue weighted by Crippen LogP contribution is 2.34. The molecule has 1 aliphatic heterocycles. The fourth-order valence-corrected chi connectivity index (χ4v) is 2.79. The Morgan fingerprint density at radius 2 is 2.12 bits per heavy atom. The van der Waals surface area contributed by atoms with Crippen LogP contribution in [0.2, 0.25) is 0 Å². The summed E-state index contributed by atoms with van der Waals surface area (Å²) in [6.07, 6.45) is 0. The minimum Gasteiger partial charge on any atom is -0.482 e. The molecule has 0 atom stereocenters. The number of benzene rings is 1. The number of carbonyl (C=O) groups is 3. The van der Waals surface area contributed by atoms with Crippen molar-refractivity contribution in [1.29, 1.82) is 0 Å². The van der Waals surface area contributed by atoms with Gasteiger partial charge in [-0.2, -0.15) is 0 Å². The second kappa shape index (κ2) is 7.65. The average molecular weight is 399 g/mol. The summed E-state index contributed by atoms with van der Waals surface area (Å²) in [6.45, 7) is 3.36. The number of rotatable bonds is 6. The van der Waals surface area contributed by atoms with E-state index < -0.39 is 11.9 Å². The number of amides is 2. The van der Waals surface area contributed by atoms with Crippen LogP contribution in [0.1, 0.15) is 13.8 Å². The van der Waals surface area contributed by atoms with Crippen LogP contribution in [0.25, 0.3) is 0 Å². The van der Waals surface area contributed by atoms with E-state index in [9.17, 15) is 14.4 Å². The maximum absolute atomic E-state index is 12.5. The van der Waals surface area contributed by atoms with Crippen LogP contribution < -0.4 is 9.64 Å². The van der Waals surface area contributed by atoms with Crippen LogP contribution in [0.5, 0.6) is 5.75 Å². The van der Waals surface area contributed by atoms with Gasteiger partial charge in [-0.05, 0) is 24.1 Å². The van der Waals surface area contributed by atoms with Gasteiger partial charge in [-0.15, -0.1) is 0 Å². The largest absolute Gasteiger partial charge is 0.482 e. The Balaban J connectivity index is 2.20. The van der Waals surface area contributed by atoms with Crippen molar-refractivity contribution >= 4 is 39.4 Å². The number of carbonyl (C=O) groups excluding carboxylic acids is 2. The lowest BCUT2D eigenvalue weighted by atomic mass is 10.2. The predicted molar refractivity (Wildman–Crippen MR) is 91.0 cm³/mol. The molecule has 1 aromatic rings. The number of aliphatic carboxylic acids is 1. The maximum Gasteiger partial charge on any atom is 0.323 e. The van der Waals surface area contributed by atoms with Gasteiger partial charge >= 0.3 is 5.97 Å². The van der Waals surface area contributed by atoms with Crippen molar-refractivity contribution in [3.05, 3.63) is 22.7 Å². The standard InChI is InChI=1S/C16H19BrN2O5/c1-10(2)6-18(8-16(22)23)14(20)7-19-12-4-3-11(17)5-13(12)24-9-15(19)21/h3-5,10H,6-9H2,1-2H3,(H,22,23). The molecular formula is C16H19BrN2O5. The van der Waals surface area contributed by atoms with E-state index in [1.165, 1.54) is 9.80 Å². The Kier molecular flexibility index (Phi) is 5.82. The molecule has 0 fully saturated rings. The molecule has 2 rings (SSSR count). The molecule has 0 saturated carbocycles. The summed E-state index contributed by atoms with van der Waals surface area (Å²) in [5.41, 5.74) is 0.502. The molecule has 1 aromatic carbocycles. The quantitative estimate of drug-likeness (QED) is 0.788. The van der Waals surface area contributed by atoms with Gasteiger partial charge in [-0.25, -0.2) is 0 Å². The molecule has 0 aliphatic carbocycles. The smallest absolute Gasteiger partial charge is 0.323 e. The molecule has 0 radical (unpaired) electrons. The van der Waals surface area contributed by atoms with Crippen molar-refractivity contribution in [1.82, 2.24) is 4.90 Å². The van der Waals surface area contributed by atoms with Crippen LogP contribution in [0.15, 0.2) is 22.7 Å². The number of halogens is 1. The third kappa shape index (κ3) is 4.47. The van der Waals surface area contributed by atoms with E-state index in [0.29, 0.717) is 18.0 Å². The van der Waals surface area contributed by atoms with Crippen molar-refractivity contribution in [3.8, 4) is 5.75 Å². The fraction of sp³-hybridized carbons (Fsp3) is 0.438. The van der Waals surface area contributed by atoms with Gasteiger partial charge in [0.25, 0.3) is 5.91 Å². The van der Waals surface area contributed by atoms with Gasteiger partial charge in [0.2, 0.25) is 5.91 Å². The Hall–Kier alpha value is -2.09. The lowest BCUT2D eigenvalue weighted by Crippen LogP contribution is -2.48. The van der Waals surface area contributed by atoms with Crippen LogP contribution >= 0.6 is 15.9 Å². The van der Waals surface area contributed by atoms with E-state index in [2.05, 4.69) is 15.9 Å². The number of carboxylic acid groups (broad SMARTS) is 1. The van der Waals surface area contributed by atoms with Gasteiger partial charge in [0.1, 0.15) is 18.8 Å². The Morgan fingerprint density at radius 1 is 1.42 bits per heavy atom. The normalized spacial score (nSPS) is 13.5. The number of carboxylic acids is 1. The predicted octanol–water partition coefficient (Wildman–Crippen LogP) is 1.74. The van der Waals surface area contributed by atoms with Gasteiger partial charge in [-0.1, -0.05) is 29.8 Å². The zero-order chi connectivity index (χ0) is 17.9. The van der Waals surface area contributed by atoms with Crippen LogP contribution in [0, 0.1) is 5.92 Å². The third-order valence-electron chi connectivity index (χ3n) is 3.42. The summed E-state index contributed by atoms with van der Waals surface area (Å²) in [7, 11) is 0. The summed E-state index contributed by atoms with van der Waals surface area (Å²) >= 11 is 3.33. The molecule has 7 nitrogen and oxygen atoms in total. The molecule has 0 spiro atoms. The lowest BCUT2D eigenvalue weighted by Gasteiger charge is -2.31. The highest BCUT2D eigenvalue weighted by molar-refractivity contribution is 9.10. The lowest BCUT2D eigenvalue weighted by molar-refractivity contribution is -0.144. The van der Waals surface area contributed by atoms with E-state index in [1.807, 2.05) is 13.8 Å². The summed E-state index contributed by atoms with van der Waals surface area (Å²) < 4.78 is 6.18. The number of ether oxygens (including phenoxy) is 1. The summed E-state index contributed by atoms with van der Waals surface area (Å²) in [6, 6.07) is 5.16. The topological polar surface area (TPSA) is 87.2 Å². The maximum atomic E-state index is 12.5. The number of anilines is 1. The zero-order valence-corrected chi connectivity index (χ0v) is 15.1. The number of nitrogens with zero attached hydrogens (tertiary/aromatic N) is 2. The summed E-state index contributed by atoms with van der Waals surface area (Å²) in [4.78, 5) is 38.3. The van der Waals surface area contributed by atoms with Crippen molar-refractivity contribution in [3.63, 3.8) is 0 Å². The monoisotopic (exact) mass is 398 g/mol. The van der Waals surface area contributed by atoms with Gasteiger partial charge in [-0.3, -0.25) is 19.3 Å². The van der Waals surface area contributed by atoms with Crippen LogP contribution in [-0.4, -0.2) is 54.0 Å². The van der Waals surface area contributed by atoms with Gasteiger partial charge in [0.05, 0.1) is 5.69 Å². The zero-order valence-electron chi connectivity index (χ0n) is 13.5. The molecule has 24 heavy (non-hydrogen) atoms. The minimum absolute atomic E-state index is 0.122. The fourth-order valence-electron chi connectivity index (χ4n) is 2.45. The number of fused-ring (bicyclic) bond motifs is 1. The molecular weight excluding hydrogens is 380 g/mol. The second-order valence-corrected chi connectivity index (χ2v) is 6.86. The van der Waals surface area contributed by atoms with Crippen molar-refractivity contribution in [2.75, 3.05) is 31.1 Å². The second-order valence-electron chi connectivity index (χ2n) is 5.94. The van der Waals surface area contributed by atoms with Crippen LogP contribution in [0.4, 0.5) is 5.69 Å². The minimum atomic E-state index is -1.08. The van der Waals surface area contributed by atoms with Crippen molar-refractivity contribution in [2.24, 2.45) is 5.92 Å². The van der Waals surface area contributed by atoms with Crippen LogP contribution in [-0.2, 0) is 14.4 Å². The Labute approximate surface area is 148 Å². The molecule has 0 aromatic heterocycles. The van der Waals surface area contributed by atoms with E-state index in [0.717, 1.165) is 4.47 Å². The molecule has 130 valence electrons. The highest BCUT2D eigenvalue weighted by atomic mass is 79.9. The number of hydrogen-bond acceptors (Lipinski definition) is 4. The molecule has 0 saturated heterocycles. The van der Waals surface area contributed by atoms with Crippen LogP contribution in [0.3, 0.4) is 0 Å². The Morgan fingerprint density at radius 3 is 2.75 bits per heavy atom. The summed E-state index contributed by atoms with van der Waals surface area (Å²) in [5, 5.41) is 8.99. The molecule has 0 bridgehead atoms. The molecule has 2 amide bonds. The molecule has 1 N–H and O–H groups in total. The van der Waals surface area contributed by atoms with Crippen molar-refractivity contribution in [2.45, 2.75) is 13.8 Å². The number of hydrogen-bond donors (Lipinski definition) is 1. The molecule has 1 heterocycles. The Bertz CT molecular complexity index is 662. The third-order valence-corrected chi connectivity index (χ3v) is 3.92. The highest BCUT2D eigenvalue weighted by Gasteiger charge is 2.29. The van der Waals surface area contributed by atoms with Gasteiger partial charge in [0, 0.05) is 11.0 Å². The van der Waals surface area contributed by atoms with E-state index in [1.54, 1.807) is 18.2 Å². The van der Waals surface area contributed by atoms with Gasteiger partial charge in [0.15, 0.2) is 6.61 Å². The van der Waals surface area contributed by atoms with E-state index in [4.69, 9.17) is 9.84 Å². The first-order chi connectivity index (χ1) is 11.3. The van der Waals surface area contributed by atoms with Gasteiger partial charge < -0.3 is 14.7 Å². The molecule has 1 aliphatic rings. The van der Waals surface area contributed by atoms with Crippen molar-refractivity contribution < 1.29 is 24.2 Å². The first kappa shape index (κ1) is 18.3.